The third-order valence-electron chi connectivity index (χ3n) is 4.60. The zero-order valence-electron chi connectivity index (χ0n) is 10.4. The molecule has 1 aliphatic heterocycles. The van der Waals surface area contributed by atoms with E-state index in [0.29, 0.717) is 5.78 Å². The van der Waals surface area contributed by atoms with Crippen molar-refractivity contribution in [3.63, 3.8) is 0 Å². The molecule has 1 unspecified atom stereocenters. The Morgan fingerprint density at radius 1 is 1.17 bits per heavy atom. The number of ketones is 1. The van der Waals surface area contributed by atoms with E-state index in [1.807, 2.05) is 18.2 Å². The molecule has 1 atom stereocenters. The van der Waals surface area contributed by atoms with E-state index < -0.39 is 0 Å². The fraction of sp³-hybridized carbons (Fsp3) is 0.312. The standard InChI is InChI=1S/C16H15NO/c1-10-16(8-9-16)15(18)14-12-5-3-2-4-11(12)6-7-13(14)17-10/h2-7,10,17H,8-9H2,1H3. The summed E-state index contributed by atoms with van der Waals surface area (Å²) in [6, 6.07) is 12.5. The summed E-state index contributed by atoms with van der Waals surface area (Å²) in [7, 11) is 0. The van der Waals surface area contributed by atoms with Crippen molar-refractivity contribution in [1.29, 1.82) is 0 Å². The Balaban J connectivity index is 2.04. The highest BCUT2D eigenvalue weighted by atomic mass is 16.1. The number of hydrogen-bond acceptors (Lipinski definition) is 2. The zero-order chi connectivity index (χ0) is 12.3. The summed E-state index contributed by atoms with van der Waals surface area (Å²) in [4.78, 5) is 12.8. The van der Waals surface area contributed by atoms with Gasteiger partial charge in [0, 0.05) is 17.3 Å². The van der Waals surface area contributed by atoms with Crippen LogP contribution < -0.4 is 5.32 Å². The molecule has 1 heterocycles. The van der Waals surface area contributed by atoms with Crippen LogP contribution >= 0.6 is 0 Å². The van der Waals surface area contributed by atoms with Gasteiger partial charge in [0.1, 0.15) is 0 Å². The van der Waals surface area contributed by atoms with Gasteiger partial charge >= 0.3 is 0 Å². The maximum Gasteiger partial charge on any atom is 0.173 e. The van der Waals surface area contributed by atoms with Crippen molar-refractivity contribution in [2.75, 3.05) is 5.32 Å². The largest absolute Gasteiger partial charge is 0.381 e. The molecule has 2 nitrogen and oxygen atoms in total. The monoisotopic (exact) mass is 237 g/mol. The molecule has 2 heteroatoms. The summed E-state index contributed by atoms with van der Waals surface area (Å²) in [6.45, 7) is 2.13. The minimum absolute atomic E-state index is 0.114. The Hall–Kier alpha value is -1.83. The lowest BCUT2D eigenvalue weighted by Crippen LogP contribution is -2.39. The number of anilines is 1. The first-order valence-electron chi connectivity index (χ1n) is 6.55. The van der Waals surface area contributed by atoms with Crippen LogP contribution in [0.2, 0.25) is 0 Å². The van der Waals surface area contributed by atoms with Gasteiger partial charge in [0.2, 0.25) is 0 Å². The first-order chi connectivity index (χ1) is 8.72. The lowest BCUT2D eigenvalue weighted by Gasteiger charge is -2.32. The highest BCUT2D eigenvalue weighted by molar-refractivity contribution is 6.17. The van der Waals surface area contributed by atoms with Gasteiger partial charge < -0.3 is 5.32 Å². The fourth-order valence-corrected chi connectivity index (χ4v) is 3.25. The molecule has 4 rings (SSSR count). The van der Waals surface area contributed by atoms with Gasteiger partial charge in [-0.2, -0.15) is 0 Å². The van der Waals surface area contributed by atoms with Crippen molar-refractivity contribution in [1.82, 2.24) is 0 Å². The van der Waals surface area contributed by atoms with Crippen molar-refractivity contribution in [3.8, 4) is 0 Å². The van der Waals surface area contributed by atoms with E-state index >= 15 is 0 Å². The van der Waals surface area contributed by atoms with Gasteiger partial charge in [-0.1, -0.05) is 30.3 Å². The van der Waals surface area contributed by atoms with Crippen LogP contribution in [-0.4, -0.2) is 11.8 Å². The molecule has 0 aromatic heterocycles. The van der Waals surface area contributed by atoms with Crippen LogP contribution in [0.3, 0.4) is 0 Å². The number of hydrogen-bond donors (Lipinski definition) is 1. The molecule has 2 aromatic rings. The van der Waals surface area contributed by atoms with E-state index in [4.69, 9.17) is 0 Å². The maximum absolute atomic E-state index is 12.8. The second-order valence-electron chi connectivity index (χ2n) is 5.56. The summed E-state index contributed by atoms with van der Waals surface area (Å²) in [6.07, 6.45) is 2.06. The first kappa shape index (κ1) is 10.1. The highest BCUT2D eigenvalue weighted by Gasteiger charge is 2.56. The second kappa shape index (κ2) is 3.14. The van der Waals surface area contributed by atoms with Crippen LogP contribution in [0.1, 0.15) is 30.1 Å². The molecule has 90 valence electrons. The van der Waals surface area contributed by atoms with E-state index in [1.165, 1.54) is 0 Å². The van der Waals surface area contributed by atoms with Crippen LogP contribution in [0.15, 0.2) is 36.4 Å². The molecular weight excluding hydrogens is 222 g/mol. The van der Waals surface area contributed by atoms with E-state index in [1.54, 1.807) is 0 Å². The minimum atomic E-state index is -0.114. The molecule has 0 saturated heterocycles. The number of fused-ring (bicyclic) bond motifs is 3. The lowest BCUT2D eigenvalue weighted by atomic mass is 9.82. The van der Waals surface area contributed by atoms with Crippen molar-refractivity contribution in [3.05, 3.63) is 42.0 Å². The number of nitrogens with one attached hydrogen (secondary N) is 1. The van der Waals surface area contributed by atoms with E-state index in [0.717, 1.165) is 34.9 Å². The molecule has 1 saturated carbocycles. The van der Waals surface area contributed by atoms with Crippen molar-refractivity contribution < 1.29 is 4.79 Å². The van der Waals surface area contributed by atoms with Crippen molar-refractivity contribution in [2.45, 2.75) is 25.8 Å². The average Bonchev–Trinajstić information content (AvgIpc) is 3.18. The molecule has 1 aliphatic carbocycles. The average molecular weight is 237 g/mol. The van der Waals surface area contributed by atoms with Gasteiger partial charge in [-0.05, 0) is 36.6 Å². The second-order valence-corrected chi connectivity index (χ2v) is 5.56. The predicted octanol–water partition coefficient (Wildman–Crippen LogP) is 3.62. The summed E-state index contributed by atoms with van der Waals surface area (Å²) in [5.41, 5.74) is 1.80. The van der Waals surface area contributed by atoms with Crippen LogP contribution in [0.25, 0.3) is 10.8 Å². The molecule has 2 aliphatic rings. The molecule has 0 bridgehead atoms. The Labute approximate surface area is 106 Å². The molecule has 18 heavy (non-hydrogen) atoms. The van der Waals surface area contributed by atoms with Gasteiger partial charge in [0.15, 0.2) is 5.78 Å². The van der Waals surface area contributed by atoms with E-state index in [-0.39, 0.29) is 11.5 Å². The summed E-state index contributed by atoms with van der Waals surface area (Å²) < 4.78 is 0. The third-order valence-corrected chi connectivity index (χ3v) is 4.60. The van der Waals surface area contributed by atoms with Gasteiger partial charge in [-0.3, -0.25) is 4.79 Å². The van der Waals surface area contributed by atoms with Crippen molar-refractivity contribution >= 4 is 22.2 Å². The Morgan fingerprint density at radius 3 is 2.72 bits per heavy atom. The SMILES string of the molecule is CC1Nc2ccc3ccccc3c2C(=O)C12CC2. The summed E-state index contributed by atoms with van der Waals surface area (Å²) in [5, 5.41) is 5.75. The van der Waals surface area contributed by atoms with Crippen LogP contribution in [-0.2, 0) is 0 Å². The Bertz CT molecular complexity index is 670. The maximum atomic E-state index is 12.8. The normalized spacial score (nSPS) is 23.8. The van der Waals surface area contributed by atoms with Gasteiger partial charge in [0.05, 0.1) is 5.41 Å². The molecular formula is C16H15NO. The topological polar surface area (TPSA) is 29.1 Å². The molecule has 2 aromatic carbocycles. The summed E-state index contributed by atoms with van der Waals surface area (Å²) >= 11 is 0. The molecule has 1 N–H and O–H groups in total. The molecule has 0 amide bonds. The van der Waals surface area contributed by atoms with Crippen molar-refractivity contribution in [2.24, 2.45) is 5.41 Å². The Kier molecular flexibility index (Phi) is 1.76. The highest BCUT2D eigenvalue weighted by Crippen LogP contribution is 2.55. The fourth-order valence-electron chi connectivity index (χ4n) is 3.25. The lowest BCUT2D eigenvalue weighted by molar-refractivity contribution is 0.0883. The van der Waals surface area contributed by atoms with Crippen LogP contribution in [0, 0.1) is 5.41 Å². The quantitative estimate of drug-likeness (QED) is 0.758. The molecule has 0 radical (unpaired) electrons. The van der Waals surface area contributed by atoms with Crippen LogP contribution in [0.4, 0.5) is 5.69 Å². The molecule has 1 spiro atoms. The van der Waals surface area contributed by atoms with Crippen LogP contribution in [0.5, 0.6) is 0 Å². The molecule has 1 fully saturated rings. The van der Waals surface area contributed by atoms with Gasteiger partial charge in [0.25, 0.3) is 0 Å². The minimum Gasteiger partial charge on any atom is -0.381 e. The number of benzene rings is 2. The Morgan fingerprint density at radius 2 is 1.94 bits per heavy atom. The van der Waals surface area contributed by atoms with E-state index in [2.05, 4.69) is 30.4 Å². The van der Waals surface area contributed by atoms with E-state index in [9.17, 15) is 4.79 Å². The number of Topliss-reactive ketones (excluding diaryl/α,β-unsaturated/α-hetero) is 1. The van der Waals surface area contributed by atoms with Gasteiger partial charge in [-0.15, -0.1) is 0 Å². The van der Waals surface area contributed by atoms with Gasteiger partial charge in [-0.25, -0.2) is 0 Å². The smallest absolute Gasteiger partial charge is 0.173 e. The summed E-state index contributed by atoms with van der Waals surface area (Å²) in [5.74, 6) is 0.348. The number of rotatable bonds is 0. The zero-order valence-corrected chi connectivity index (χ0v) is 10.4. The number of carbonyl (C=O) groups is 1. The third kappa shape index (κ3) is 1.10. The predicted molar refractivity (Wildman–Crippen MR) is 73.0 cm³/mol. The first-order valence-corrected chi connectivity index (χ1v) is 6.55. The number of carbonyl (C=O) groups excluding carboxylic acids is 1.